The quantitative estimate of drug-likeness (QED) is 0.667. The third-order valence-electron chi connectivity index (χ3n) is 3.38. The van der Waals surface area contributed by atoms with Gasteiger partial charge in [0.25, 0.3) is 0 Å². The van der Waals surface area contributed by atoms with E-state index in [4.69, 9.17) is 9.84 Å². The van der Waals surface area contributed by atoms with Crippen molar-refractivity contribution in [2.24, 2.45) is 0 Å². The van der Waals surface area contributed by atoms with E-state index in [0.717, 1.165) is 45.6 Å². The van der Waals surface area contributed by atoms with Crippen LogP contribution >= 0.6 is 0 Å². The number of carbonyl (C=O) groups excluding carboxylic acids is 1. The molecule has 0 spiro atoms. The van der Waals surface area contributed by atoms with Crippen molar-refractivity contribution < 1.29 is 14.6 Å². The molecule has 0 aromatic heterocycles. The lowest BCUT2D eigenvalue weighted by atomic mass is 10.1. The van der Waals surface area contributed by atoms with E-state index in [-0.39, 0.29) is 18.6 Å². The highest BCUT2D eigenvalue weighted by atomic mass is 16.5. The van der Waals surface area contributed by atoms with Crippen molar-refractivity contribution in [3.8, 4) is 0 Å². The normalized spacial score (nSPS) is 19.7. The van der Waals surface area contributed by atoms with Gasteiger partial charge in [0.1, 0.15) is 6.04 Å². The molecule has 1 aliphatic heterocycles. The van der Waals surface area contributed by atoms with Crippen molar-refractivity contribution in [1.82, 2.24) is 9.80 Å². The van der Waals surface area contributed by atoms with Crippen LogP contribution in [-0.2, 0) is 9.53 Å². The van der Waals surface area contributed by atoms with Crippen LogP contribution in [0.4, 0.5) is 0 Å². The van der Waals surface area contributed by atoms with Crippen LogP contribution in [0, 0.1) is 0 Å². The molecule has 0 bridgehead atoms. The zero-order chi connectivity index (χ0) is 13.4. The summed E-state index contributed by atoms with van der Waals surface area (Å²) in [5, 5.41) is 8.91. The summed E-state index contributed by atoms with van der Waals surface area (Å²) >= 11 is 0. The van der Waals surface area contributed by atoms with E-state index < -0.39 is 0 Å². The first-order valence-electron chi connectivity index (χ1n) is 6.96. The second kappa shape index (κ2) is 8.45. The van der Waals surface area contributed by atoms with E-state index >= 15 is 0 Å². The zero-order valence-corrected chi connectivity index (χ0v) is 11.6. The van der Waals surface area contributed by atoms with Crippen molar-refractivity contribution in [2.75, 3.05) is 45.9 Å². The number of piperazine rings is 1. The molecule has 1 fully saturated rings. The molecule has 0 aromatic rings. The van der Waals surface area contributed by atoms with Gasteiger partial charge in [-0.3, -0.25) is 14.6 Å². The third kappa shape index (κ3) is 4.55. The fourth-order valence-corrected chi connectivity index (χ4v) is 2.40. The van der Waals surface area contributed by atoms with Gasteiger partial charge in [-0.2, -0.15) is 0 Å². The Labute approximate surface area is 110 Å². The molecule has 1 saturated heterocycles. The number of β-amino-alcohol motifs (C(OH)–C–C–N with tert-alkyl or cyclic N) is 1. The van der Waals surface area contributed by atoms with E-state index in [9.17, 15) is 4.79 Å². The fourth-order valence-electron chi connectivity index (χ4n) is 2.40. The summed E-state index contributed by atoms with van der Waals surface area (Å²) in [7, 11) is 0. The van der Waals surface area contributed by atoms with Gasteiger partial charge in [0.05, 0.1) is 13.2 Å². The molecular formula is C13H26N2O3. The molecule has 1 aliphatic rings. The first-order chi connectivity index (χ1) is 8.72. The largest absolute Gasteiger partial charge is 0.465 e. The molecule has 0 radical (unpaired) electrons. The van der Waals surface area contributed by atoms with Crippen LogP contribution in [0.1, 0.15) is 26.7 Å². The maximum absolute atomic E-state index is 11.9. The lowest BCUT2D eigenvalue weighted by Crippen LogP contribution is -2.53. The number of nitrogens with zero attached hydrogens (tertiary/aromatic N) is 2. The number of aliphatic hydroxyl groups is 1. The van der Waals surface area contributed by atoms with Crippen LogP contribution in [0.2, 0.25) is 0 Å². The fraction of sp³-hybridized carbons (Fsp3) is 0.923. The van der Waals surface area contributed by atoms with Gasteiger partial charge in [-0.15, -0.1) is 0 Å². The summed E-state index contributed by atoms with van der Waals surface area (Å²) in [5.41, 5.74) is 0. The highest BCUT2D eigenvalue weighted by Gasteiger charge is 2.29. The lowest BCUT2D eigenvalue weighted by Gasteiger charge is -2.38. The van der Waals surface area contributed by atoms with E-state index in [1.807, 2.05) is 6.92 Å². The summed E-state index contributed by atoms with van der Waals surface area (Å²) in [6.45, 7) is 8.91. The van der Waals surface area contributed by atoms with Crippen molar-refractivity contribution >= 4 is 5.97 Å². The predicted molar refractivity (Wildman–Crippen MR) is 70.4 cm³/mol. The molecule has 1 rings (SSSR count). The number of hydrogen-bond acceptors (Lipinski definition) is 5. The Bertz CT molecular complexity index is 240. The van der Waals surface area contributed by atoms with Gasteiger partial charge in [0, 0.05) is 32.7 Å². The minimum Gasteiger partial charge on any atom is -0.465 e. The van der Waals surface area contributed by atoms with Crippen LogP contribution in [0.25, 0.3) is 0 Å². The number of hydrogen-bond donors (Lipinski definition) is 1. The molecular weight excluding hydrogens is 232 g/mol. The average Bonchev–Trinajstić information content (AvgIpc) is 2.38. The molecule has 106 valence electrons. The average molecular weight is 258 g/mol. The number of aliphatic hydroxyl groups excluding tert-OH is 1. The Morgan fingerprint density at radius 3 is 2.44 bits per heavy atom. The number of ether oxygens (including phenoxy) is 1. The Morgan fingerprint density at radius 1 is 1.28 bits per heavy atom. The molecule has 0 aliphatic carbocycles. The molecule has 1 heterocycles. The van der Waals surface area contributed by atoms with Gasteiger partial charge in [-0.1, -0.05) is 13.3 Å². The minimum atomic E-state index is -0.0915. The molecule has 0 amide bonds. The highest BCUT2D eigenvalue weighted by Crippen LogP contribution is 2.12. The van der Waals surface area contributed by atoms with Gasteiger partial charge in [-0.05, 0) is 13.3 Å². The molecule has 5 nitrogen and oxygen atoms in total. The van der Waals surface area contributed by atoms with Gasteiger partial charge < -0.3 is 9.84 Å². The van der Waals surface area contributed by atoms with Crippen LogP contribution in [0.3, 0.4) is 0 Å². The van der Waals surface area contributed by atoms with Gasteiger partial charge >= 0.3 is 5.97 Å². The predicted octanol–water partition coefficient (Wildman–Crippen LogP) is 0.328. The lowest BCUT2D eigenvalue weighted by molar-refractivity contribution is -0.150. The molecule has 5 heteroatoms. The molecule has 1 unspecified atom stereocenters. The Kier molecular flexibility index (Phi) is 7.23. The van der Waals surface area contributed by atoms with Crippen molar-refractivity contribution in [3.63, 3.8) is 0 Å². The molecule has 0 aromatic carbocycles. The molecule has 18 heavy (non-hydrogen) atoms. The second-order valence-corrected chi connectivity index (χ2v) is 4.66. The first kappa shape index (κ1) is 15.4. The monoisotopic (exact) mass is 258 g/mol. The summed E-state index contributed by atoms with van der Waals surface area (Å²) < 4.78 is 5.15. The number of carbonyl (C=O) groups is 1. The Morgan fingerprint density at radius 2 is 1.94 bits per heavy atom. The van der Waals surface area contributed by atoms with Crippen LogP contribution < -0.4 is 0 Å². The summed E-state index contributed by atoms with van der Waals surface area (Å²) in [5.74, 6) is -0.0880. The minimum absolute atomic E-state index is 0.0880. The zero-order valence-electron chi connectivity index (χ0n) is 11.6. The van der Waals surface area contributed by atoms with Crippen LogP contribution in [-0.4, -0.2) is 72.9 Å². The molecule has 1 atom stereocenters. The number of esters is 1. The van der Waals surface area contributed by atoms with E-state index in [1.165, 1.54) is 0 Å². The third-order valence-corrected chi connectivity index (χ3v) is 3.38. The van der Waals surface area contributed by atoms with Crippen molar-refractivity contribution in [3.05, 3.63) is 0 Å². The van der Waals surface area contributed by atoms with Gasteiger partial charge in [0.15, 0.2) is 0 Å². The SMILES string of the molecule is CCCC(C(=O)OCC)N1CCN(CCO)CC1. The summed E-state index contributed by atoms with van der Waals surface area (Å²) in [6.07, 6.45) is 1.85. The van der Waals surface area contributed by atoms with Crippen molar-refractivity contribution in [2.45, 2.75) is 32.7 Å². The maximum Gasteiger partial charge on any atom is 0.323 e. The smallest absolute Gasteiger partial charge is 0.323 e. The van der Waals surface area contributed by atoms with Crippen LogP contribution in [0.15, 0.2) is 0 Å². The molecule has 0 saturated carbocycles. The van der Waals surface area contributed by atoms with Crippen molar-refractivity contribution in [1.29, 1.82) is 0 Å². The highest BCUT2D eigenvalue weighted by molar-refractivity contribution is 5.75. The number of rotatable bonds is 7. The van der Waals surface area contributed by atoms with Gasteiger partial charge in [-0.25, -0.2) is 0 Å². The van der Waals surface area contributed by atoms with Crippen LogP contribution in [0.5, 0.6) is 0 Å². The van der Waals surface area contributed by atoms with E-state index in [1.54, 1.807) is 0 Å². The Balaban J connectivity index is 2.47. The Hall–Kier alpha value is -0.650. The summed E-state index contributed by atoms with van der Waals surface area (Å²) in [6, 6.07) is -0.0915. The first-order valence-corrected chi connectivity index (χ1v) is 6.96. The van der Waals surface area contributed by atoms with E-state index in [2.05, 4.69) is 16.7 Å². The topological polar surface area (TPSA) is 53.0 Å². The second-order valence-electron chi connectivity index (χ2n) is 4.66. The summed E-state index contributed by atoms with van der Waals surface area (Å²) in [4.78, 5) is 16.4. The maximum atomic E-state index is 11.9. The molecule has 1 N–H and O–H groups in total. The standard InChI is InChI=1S/C13H26N2O3/c1-3-5-12(13(17)18-4-2)15-8-6-14(7-9-15)10-11-16/h12,16H,3-11H2,1-2H3. The van der Waals surface area contributed by atoms with E-state index in [0.29, 0.717) is 6.61 Å². The van der Waals surface area contributed by atoms with Gasteiger partial charge in [0.2, 0.25) is 0 Å².